The van der Waals surface area contributed by atoms with Crippen LogP contribution in [0.3, 0.4) is 0 Å². The van der Waals surface area contributed by atoms with Crippen LogP contribution in [-0.4, -0.2) is 48.3 Å². The molecule has 1 fully saturated rings. The van der Waals surface area contributed by atoms with Crippen LogP contribution in [0.25, 0.3) is 0 Å². The highest BCUT2D eigenvalue weighted by molar-refractivity contribution is 6.30. The molecule has 1 saturated heterocycles. The number of piperazine rings is 1. The molecule has 0 radical (unpaired) electrons. The molecule has 1 aliphatic rings. The molecule has 0 amide bonds. The summed E-state index contributed by atoms with van der Waals surface area (Å²) >= 11 is 6.23. The van der Waals surface area contributed by atoms with Gasteiger partial charge in [-0.1, -0.05) is 50.4 Å². The third-order valence-corrected chi connectivity index (χ3v) is 5.15. The van der Waals surface area contributed by atoms with Crippen LogP contribution in [0.2, 0.25) is 5.02 Å². The molecule has 1 aromatic carbocycles. The maximum absolute atomic E-state index is 11.5. The highest BCUT2D eigenvalue weighted by Gasteiger charge is 2.37. The Morgan fingerprint density at radius 3 is 2.43 bits per heavy atom. The molecule has 0 unspecified atom stereocenters. The summed E-state index contributed by atoms with van der Waals surface area (Å²) in [7, 11) is 0. The Bertz CT molecular complexity index is 468. The summed E-state index contributed by atoms with van der Waals surface area (Å²) in [5.41, 5.74) is 0.513. The zero-order valence-electron chi connectivity index (χ0n) is 14.5. The molecule has 0 bridgehead atoms. The summed E-state index contributed by atoms with van der Waals surface area (Å²) in [4.78, 5) is 2.47. The zero-order valence-corrected chi connectivity index (χ0v) is 15.3. The SMILES string of the molecule is CCCC(O)(CCC)[C@H](CN1CCNCC1)c1cccc(Cl)c1. The van der Waals surface area contributed by atoms with Gasteiger partial charge in [0.25, 0.3) is 0 Å². The second-order valence-electron chi connectivity index (χ2n) is 6.76. The lowest BCUT2D eigenvalue weighted by Crippen LogP contribution is -2.49. The van der Waals surface area contributed by atoms with Crippen molar-refractivity contribution in [3.05, 3.63) is 34.9 Å². The molecule has 1 atom stereocenters. The van der Waals surface area contributed by atoms with Gasteiger partial charge in [0.1, 0.15) is 0 Å². The minimum absolute atomic E-state index is 0.110. The Hall–Kier alpha value is -0.610. The summed E-state index contributed by atoms with van der Waals surface area (Å²) in [6.45, 7) is 9.36. The number of hydrogen-bond acceptors (Lipinski definition) is 3. The van der Waals surface area contributed by atoms with Crippen molar-refractivity contribution >= 4 is 11.6 Å². The third kappa shape index (κ3) is 5.18. The fourth-order valence-corrected chi connectivity index (χ4v) is 4.00. The number of benzene rings is 1. The van der Waals surface area contributed by atoms with Crippen molar-refractivity contribution in [2.75, 3.05) is 32.7 Å². The van der Waals surface area contributed by atoms with Crippen LogP contribution in [0.1, 0.15) is 51.0 Å². The smallest absolute Gasteiger partial charge is 0.0728 e. The number of hydrogen-bond donors (Lipinski definition) is 2. The minimum Gasteiger partial charge on any atom is -0.389 e. The summed E-state index contributed by atoms with van der Waals surface area (Å²) < 4.78 is 0. The zero-order chi connectivity index (χ0) is 16.7. The number of aliphatic hydroxyl groups is 1. The molecule has 23 heavy (non-hydrogen) atoms. The normalized spacial score (nSPS) is 18.1. The summed E-state index contributed by atoms with van der Waals surface area (Å²) in [5.74, 6) is 0.110. The number of rotatable bonds is 8. The van der Waals surface area contributed by atoms with E-state index in [1.54, 1.807) is 0 Å². The van der Waals surface area contributed by atoms with Crippen molar-refractivity contribution in [2.24, 2.45) is 0 Å². The molecule has 0 aromatic heterocycles. The first-order chi connectivity index (χ1) is 11.1. The molecule has 3 nitrogen and oxygen atoms in total. The highest BCUT2D eigenvalue weighted by atomic mass is 35.5. The average molecular weight is 339 g/mol. The topological polar surface area (TPSA) is 35.5 Å². The fraction of sp³-hybridized carbons (Fsp3) is 0.684. The van der Waals surface area contributed by atoms with E-state index in [9.17, 15) is 5.11 Å². The molecular weight excluding hydrogens is 308 g/mol. The Balaban J connectivity index is 2.28. The van der Waals surface area contributed by atoms with Crippen molar-refractivity contribution in [3.63, 3.8) is 0 Å². The van der Waals surface area contributed by atoms with Crippen LogP contribution in [0, 0.1) is 0 Å². The molecule has 1 heterocycles. The maximum atomic E-state index is 11.5. The van der Waals surface area contributed by atoms with Gasteiger partial charge in [0.15, 0.2) is 0 Å². The van der Waals surface area contributed by atoms with E-state index in [0.29, 0.717) is 0 Å². The Morgan fingerprint density at radius 1 is 1.22 bits per heavy atom. The van der Waals surface area contributed by atoms with Crippen LogP contribution >= 0.6 is 11.6 Å². The predicted molar refractivity (Wildman–Crippen MR) is 98.3 cm³/mol. The van der Waals surface area contributed by atoms with Gasteiger partial charge in [-0.05, 0) is 30.5 Å². The van der Waals surface area contributed by atoms with Gasteiger partial charge in [0.05, 0.1) is 5.60 Å². The number of nitrogens with zero attached hydrogens (tertiary/aromatic N) is 1. The van der Waals surface area contributed by atoms with E-state index >= 15 is 0 Å². The monoisotopic (exact) mass is 338 g/mol. The lowest BCUT2D eigenvalue weighted by Gasteiger charge is -2.40. The second-order valence-corrected chi connectivity index (χ2v) is 7.20. The molecular formula is C19H31ClN2O. The molecule has 0 aliphatic carbocycles. The predicted octanol–water partition coefficient (Wildman–Crippen LogP) is 3.66. The first-order valence-corrected chi connectivity index (χ1v) is 9.37. The van der Waals surface area contributed by atoms with E-state index in [1.807, 2.05) is 18.2 Å². The molecule has 4 heteroatoms. The van der Waals surface area contributed by atoms with E-state index in [0.717, 1.165) is 63.4 Å². The summed E-state index contributed by atoms with van der Waals surface area (Å²) in [6.07, 6.45) is 3.67. The Morgan fingerprint density at radius 2 is 1.87 bits per heavy atom. The van der Waals surface area contributed by atoms with Crippen molar-refractivity contribution < 1.29 is 5.11 Å². The van der Waals surface area contributed by atoms with E-state index in [-0.39, 0.29) is 5.92 Å². The first kappa shape index (κ1) is 18.7. The van der Waals surface area contributed by atoms with E-state index in [4.69, 9.17) is 11.6 Å². The maximum Gasteiger partial charge on any atom is 0.0728 e. The van der Waals surface area contributed by atoms with Gasteiger partial charge in [-0.3, -0.25) is 0 Å². The summed E-state index contributed by atoms with van der Waals surface area (Å²) in [6, 6.07) is 8.06. The molecule has 2 N–H and O–H groups in total. The van der Waals surface area contributed by atoms with Crippen LogP contribution in [0.15, 0.2) is 24.3 Å². The lowest BCUT2D eigenvalue weighted by atomic mass is 9.76. The molecule has 2 rings (SSSR count). The first-order valence-electron chi connectivity index (χ1n) is 9.00. The number of nitrogens with one attached hydrogen (secondary N) is 1. The van der Waals surface area contributed by atoms with E-state index in [1.165, 1.54) is 5.56 Å². The molecule has 0 spiro atoms. The van der Waals surface area contributed by atoms with Crippen molar-refractivity contribution in [3.8, 4) is 0 Å². The van der Waals surface area contributed by atoms with Gasteiger partial charge in [-0.2, -0.15) is 0 Å². The standard InChI is InChI=1S/C19H31ClN2O/c1-3-8-19(23,9-4-2)18(15-22-12-10-21-11-13-22)16-6-5-7-17(20)14-16/h5-7,14,18,21,23H,3-4,8-13,15H2,1-2H3/t18-/m1/s1. The van der Waals surface area contributed by atoms with Crippen molar-refractivity contribution in [1.82, 2.24) is 10.2 Å². The molecule has 130 valence electrons. The fourth-order valence-electron chi connectivity index (χ4n) is 3.80. The van der Waals surface area contributed by atoms with Crippen molar-refractivity contribution in [1.29, 1.82) is 0 Å². The van der Waals surface area contributed by atoms with E-state index < -0.39 is 5.60 Å². The average Bonchev–Trinajstić information content (AvgIpc) is 2.54. The molecule has 1 aromatic rings. The quantitative estimate of drug-likeness (QED) is 0.759. The second kappa shape index (κ2) is 9.03. The van der Waals surface area contributed by atoms with Gasteiger partial charge in [-0.15, -0.1) is 0 Å². The summed E-state index contributed by atoms with van der Waals surface area (Å²) in [5, 5.41) is 15.6. The number of halogens is 1. The van der Waals surface area contributed by atoms with Gasteiger partial charge in [-0.25, -0.2) is 0 Å². The third-order valence-electron chi connectivity index (χ3n) is 4.92. The van der Waals surface area contributed by atoms with Crippen molar-refractivity contribution in [2.45, 2.75) is 51.0 Å². The van der Waals surface area contributed by atoms with E-state index in [2.05, 4.69) is 30.1 Å². The van der Waals surface area contributed by atoms with Gasteiger partial charge in [0, 0.05) is 43.7 Å². The minimum atomic E-state index is -0.654. The Kier molecular flexibility index (Phi) is 7.35. The van der Waals surface area contributed by atoms with Gasteiger partial charge >= 0.3 is 0 Å². The van der Waals surface area contributed by atoms with Crippen LogP contribution in [-0.2, 0) is 0 Å². The van der Waals surface area contributed by atoms with Crippen LogP contribution < -0.4 is 5.32 Å². The largest absolute Gasteiger partial charge is 0.389 e. The lowest BCUT2D eigenvalue weighted by molar-refractivity contribution is -0.0174. The van der Waals surface area contributed by atoms with Gasteiger partial charge < -0.3 is 15.3 Å². The molecule has 1 aliphatic heterocycles. The van der Waals surface area contributed by atoms with Gasteiger partial charge in [0.2, 0.25) is 0 Å². The molecule has 0 saturated carbocycles. The van der Waals surface area contributed by atoms with Crippen LogP contribution in [0.4, 0.5) is 0 Å². The van der Waals surface area contributed by atoms with Crippen LogP contribution in [0.5, 0.6) is 0 Å². The highest BCUT2D eigenvalue weighted by Crippen LogP contribution is 2.37. The Labute approximate surface area is 146 Å².